The number of carbonyl (C=O) groups excluding carboxylic acids is 2. The van der Waals surface area contributed by atoms with Crippen molar-refractivity contribution in [3.63, 3.8) is 0 Å². The highest BCUT2D eigenvalue weighted by molar-refractivity contribution is 5.91. The maximum absolute atomic E-state index is 12.5. The van der Waals surface area contributed by atoms with E-state index >= 15 is 0 Å². The second-order valence-corrected chi connectivity index (χ2v) is 8.90. The quantitative estimate of drug-likeness (QED) is 0.693. The summed E-state index contributed by atoms with van der Waals surface area (Å²) >= 11 is 0. The Morgan fingerprint density at radius 2 is 2.08 bits per heavy atom. The maximum Gasteiger partial charge on any atom is 0.190 e. The van der Waals surface area contributed by atoms with Gasteiger partial charge < -0.3 is 15.3 Å². The molecular weight excluding hydrogens is 332 g/mol. The molecule has 0 aromatic rings. The van der Waals surface area contributed by atoms with Crippen molar-refractivity contribution in [3.8, 4) is 0 Å². The molecule has 0 unspecified atom stereocenters. The number of hydrogen-bond donors (Lipinski definition) is 3. The Kier molecular flexibility index (Phi) is 3.29. The fraction of sp³-hybridized carbons (Fsp3) is 0.810. The highest BCUT2D eigenvalue weighted by Crippen LogP contribution is 2.67. The third kappa shape index (κ3) is 2.14. The molecule has 0 aromatic heterocycles. The summed E-state index contributed by atoms with van der Waals surface area (Å²) in [4.78, 5) is 24.5. The van der Waals surface area contributed by atoms with E-state index in [-0.39, 0.29) is 18.6 Å². The lowest BCUT2D eigenvalue weighted by Gasteiger charge is -2.60. The van der Waals surface area contributed by atoms with Gasteiger partial charge in [-0.2, -0.15) is 0 Å². The van der Waals surface area contributed by atoms with E-state index < -0.39 is 59.0 Å². The minimum absolute atomic E-state index is 0.00135. The van der Waals surface area contributed by atoms with Gasteiger partial charge in [-0.25, -0.2) is 0 Å². The van der Waals surface area contributed by atoms with Gasteiger partial charge in [-0.15, -0.1) is 0 Å². The molecule has 4 aliphatic carbocycles. The van der Waals surface area contributed by atoms with E-state index in [4.69, 9.17) is 2.74 Å². The van der Waals surface area contributed by atoms with Crippen molar-refractivity contribution in [1.82, 2.24) is 0 Å². The monoisotopic (exact) mass is 365 g/mol. The van der Waals surface area contributed by atoms with E-state index in [0.29, 0.717) is 25.7 Å². The summed E-state index contributed by atoms with van der Waals surface area (Å²) in [6, 6.07) is 0. The van der Waals surface area contributed by atoms with E-state index in [2.05, 4.69) is 0 Å². The van der Waals surface area contributed by atoms with Crippen LogP contribution in [-0.4, -0.2) is 45.2 Å². The molecule has 0 heterocycles. The molecule has 3 N–H and O–H groups in total. The summed E-state index contributed by atoms with van der Waals surface area (Å²) in [6.07, 6.45) is -0.525. The molecule has 0 radical (unpaired) electrons. The first kappa shape index (κ1) is 14.9. The molecule has 144 valence electrons. The van der Waals surface area contributed by atoms with Crippen molar-refractivity contribution in [2.24, 2.45) is 28.6 Å². The van der Waals surface area contributed by atoms with Gasteiger partial charge in [0, 0.05) is 15.9 Å². The number of rotatable bonds is 2. The molecule has 0 amide bonds. The zero-order valence-electron chi connectivity index (χ0n) is 18.4. The largest absolute Gasteiger partial charge is 0.393 e. The minimum atomic E-state index is -2.43. The fourth-order valence-electron chi connectivity index (χ4n) is 6.41. The van der Waals surface area contributed by atoms with Crippen LogP contribution < -0.4 is 0 Å². The average molecular weight is 365 g/mol. The normalized spacial score (nSPS) is 57.0. The number of Topliss-reactive ketones (excluding diaryl/α,β-unsaturated/α-hetero) is 1. The smallest absolute Gasteiger partial charge is 0.190 e. The van der Waals surface area contributed by atoms with E-state index in [9.17, 15) is 26.3 Å². The van der Waals surface area contributed by atoms with Crippen LogP contribution in [0.2, 0.25) is 0 Å². The molecule has 0 saturated heterocycles. The van der Waals surface area contributed by atoms with Crippen LogP contribution in [0.1, 0.15) is 62.9 Å². The average Bonchev–Trinajstić information content (AvgIpc) is 2.95. The number of ketones is 2. The molecule has 4 aliphatic rings. The lowest BCUT2D eigenvalue weighted by Crippen LogP contribution is -2.62. The molecule has 5 nitrogen and oxygen atoms in total. The highest BCUT2D eigenvalue weighted by atomic mass is 16.3. The van der Waals surface area contributed by atoms with Gasteiger partial charge in [-0.1, -0.05) is 19.4 Å². The number of carbonyl (C=O) groups is 2. The standard InChI is InChI=1S/C21H30O5/c1-19-7-5-13(23)9-12(19)3-4-14-15-6-8-21(26,17(25)11-22)20(15,2)10-16(24)18(14)19/h9,14-16,18,22,24,26H,3-8,10-11H2,1-2H3/t14-,15-,16-,18+,19-,20-,21-/m0/s1/i10D2,18D. The third-order valence-electron chi connectivity index (χ3n) is 7.92. The van der Waals surface area contributed by atoms with Crippen molar-refractivity contribution < 1.29 is 29.0 Å². The molecule has 4 rings (SSSR count). The Morgan fingerprint density at radius 1 is 1.35 bits per heavy atom. The van der Waals surface area contributed by atoms with Gasteiger partial charge in [0.1, 0.15) is 12.2 Å². The second-order valence-electron chi connectivity index (χ2n) is 8.90. The molecule has 5 heteroatoms. The first-order valence-electron chi connectivity index (χ1n) is 11.1. The molecule has 7 atom stereocenters. The van der Waals surface area contributed by atoms with Crippen LogP contribution in [-0.2, 0) is 9.59 Å². The molecule has 26 heavy (non-hydrogen) atoms. The molecule has 0 aromatic carbocycles. The van der Waals surface area contributed by atoms with Crippen molar-refractivity contribution in [3.05, 3.63) is 11.6 Å². The summed E-state index contributed by atoms with van der Waals surface area (Å²) in [6.45, 7) is 2.46. The van der Waals surface area contributed by atoms with E-state index in [1.165, 1.54) is 6.92 Å². The van der Waals surface area contributed by atoms with Gasteiger partial charge >= 0.3 is 0 Å². The second kappa shape index (κ2) is 5.73. The minimum Gasteiger partial charge on any atom is -0.393 e. The van der Waals surface area contributed by atoms with Crippen LogP contribution in [0.15, 0.2) is 11.6 Å². The van der Waals surface area contributed by atoms with Crippen molar-refractivity contribution in [1.29, 1.82) is 0 Å². The summed E-state index contributed by atoms with van der Waals surface area (Å²) in [5.74, 6) is -3.32. The van der Waals surface area contributed by atoms with Crippen LogP contribution in [0.5, 0.6) is 0 Å². The Bertz CT molecular complexity index is 812. The van der Waals surface area contributed by atoms with Crippen molar-refractivity contribution in [2.75, 3.05) is 6.61 Å². The number of aliphatic hydroxyl groups is 3. The zero-order valence-corrected chi connectivity index (χ0v) is 15.4. The lowest BCUT2D eigenvalue weighted by atomic mass is 9.45. The Morgan fingerprint density at radius 3 is 2.77 bits per heavy atom. The first-order valence-corrected chi connectivity index (χ1v) is 9.61. The van der Waals surface area contributed by atoms with Gasteiger partial charge in [0.25, 0.3) is 0 Å². The van der Waals surface area contributed by atoms with Crippen LogP contribution in [0.4, 0.5) is 0 Å². The van der Waals surface area contributed by atoms with E-state index in [0.717, 1.165) is 5.57 Å². The Balaban J connectivity index is 1.91. The van der Waals surface area contributed by atoms with Crippen LogP contribution in [0.25, 0.3) is 0 Å². The molecule has 0 bridgehead atoms. The number of hydrogen-bond acceptors (Lipinski definition) is 5. The Labute approximate surface area is 158 Å². The fourth-order valence-corrected chi connectivity index (χ4v) is 6.41. The van der Waals surface area contributed by atoms with Crippen molar-refractivity contribution in [2.45, 2.75) is 70.5 Å². The number of fused-ring (bicyclic) bond motifs is 5. The van der Waals surface area contributed by atoms with E-state index in [1.807, 2.05) is 6.92 Å². The maximum atomic E-state index is 12.5. The van der Waals surface area contributed by atoms with Gasteiger partial charge in [-0.3, -0.25) is 9.59 Å². The summed E-state index contributed by atoms with van der Waals surface area (Å²) < 4.78 is 27.2. The summed E-state index contributed by atoms with van der Waals surface area (Å²) in [7, 11) is 0. The lowest BCUT2D eigenvalue weighted by molar-refractivity contribution is -0.182. The molecule has 3 saturated carbocycles. The SMILES string of the molecule is [2H]C1([2H])[C@H](O)[C@@]2([2H])[C@@H](CCC3=CC(=O)CC[C@@]32C)[C@@H]2CC[C@](O)(C(=O)CO)[C@]21C. The first-order chi connectivity index (χ1) is 13.3. The predicted molar refractivity (Wildman–Crippen MR) is 95.1 cm³/mol. The third-order valence-corrected chi connectivity index (χ3v) is 7.92. The summed E-state index contributed by atoms with van der Waals surface area (Å²) in [5, 5.41) is 32.1. The van der Waals surface area contributed by atoms with Gasteiger partial charge in [0.15, 0.2) is 11.6 Å². The molecule has 3 fully saturated rings. The van der Waals surface area contributed by atoms with Gasteiger partial charge in [0.05, 0.1) is 6.10 Å². The van der Waals surface area contributed by atoms with Gasteiger partial charge in [-0.05, 0) is 67.7 Å². The molecule has 0 spiro atoms. The number of allylic oxidation sites excluding steroid dienone is 1. The molecule has 0 aliphatic heterocycles. The van der Waals surface area contributed by atoms with Crippen molar-refractivity contribution >= 4 is 11.6 Å². The molecular formula is C21H30O5. The topological polar surface area (TPSA) is 94.8 Å². The van der Waals surface area contributed by atoms with E-state index in [1.54, 1.807) is 6.08 Å². The number of aliphatic hydroxyl groups excluding tert-OH is 2. The van der Waals surface area contributed by atoms with Crippen LogP contribution in [0, 0.1) is 28.6 Å². The summed E-state index contributed by atoms with van der Waals surface area (Å²) in [5.41, 5.74) is -3.74. The Hall–Kier alpha value is -1.04. The highest BCUT2D eigenvalue weighted by Gasteiger charge is 2.68. The van der Waals surface area contributed by atoms with Crippen LogP contribution in [0.3, 0.4) is 0 Å². The van der Waals surface area contributed by atoms with Crippen LogP contribution >= 0.6 is 0 Å². The van der Waals surface area contributed by atoms with Gasteiger partial charge in [0.2, 0.25) is 0 Å². The predicted octanol–water partition coefficient (Wildman–Crippen LogP) is 1.78. The zero-order chi connectivity index (χ0) is 21.6.